The molecule has 2 amide bonds. The van der Waals surface area contributed by atoms with E-state index in [2.05, 4.69) is 10.6 Å². The number of rotatable bonds is 5. The van der Waals surface area contributed by atoms with Crippen molar-refractivity contribution in [2.45, 2.75) is 26.7 Å². The summed E-state index contributed by atoms with van der Waals surface area (Å²) in [5.74, 6) is -0.00664. The van der Waals surface area contributed by atoms with Gasteiger partial charge in [0.15, 0.2) is 0 Å². The first-order valence-electron chi connectivity index (χ1n) is 5.75. The number of carbonyl (C=O) groups excluding carboxylic acids is 2. The zero-order valence-electron chi connectivity index (χ0n) is 10.2. The Hall–Kier alpha value is -1.84. The third kappa shape index (κ3) is 5.15. The molecule has 1 aromatic carbocycles. The summed E-state index contributed by atoms with van der Waals surface area (Å²) in [4.78, 5) is 21.8. The van der Waals surface area contributed by atoms with Gasteiger partial charge in [0.1, 0.15) is 0 Å². The lowest BCUT2D eigenvalue weighted by atomic mass is 10.1. The molecule has 0 spiro atoms. The number of carbonyl (C=O) groups is 2. The number of anilines is 1. The van der Waals surface area contributed by atoms with E-state index in [1.807, 2.05) is 31.2 Å². The Morgan fingerprint density at radius 2 is 1.82 bits per heavy atom. The Bertz CT molecular complexity index is 385. The second-order valence-corrected chi connectivity index (χ2v) is 3.83. The predicted octanol–water partition coefficient (Wildman–Crippen LogP) is 1.71. The van der Waals surface area contributed by atoms with Gasteiger partial charge in [-0.3, -0.25) is 9.59 Å². The van der Waals surface area contributed by atoms with E-state index in [1.165, 1.54) is 6.92 Å². The molecule has 0 saturated carbocycles. The van der Waals surface area contributed by atoms with Crippen molar-refractivity contribution in [1.82, 2.24) is 5.32 Å². The summed E-state index contributed by atoms with van der Waals surface area (Å²) < 4.78 is 0. The third-order valence-corrected chi connectivity index (χ3v) is 2.33. The minimum absolute atomic E-state index is 0.0693. The van der Waals surface area contributed by atoms with E-state index in [0.29, 0.717) is 13.0 Å². The van der Waals surface area contributed by atoms with E-state index < -0.39 is 0 Å². The Morgan fingerprint density at radius 1 is 1.18 bits per heavy atom. The summed E-state index contributed by atoms with van der Waals surface area (Å²) in [5.41, 5.74) is 1.93. The molecule has 0 aliphatic heterocycles. The van der Waals surface area contributed by atoms with E-state index in [9.17, 15) is 9.59 Å². The van der Waals surface area contributed by atoms with Gasteiger partial charge in [0.2, 0.25) is 11.8 Å². The summed E-state index contributed by atoms with van der Waals surface area (Å²) in [7, 11) is 0. The van der Waals surface area contributed by atoms with Crippen LogP contribution in [-0.2, 0) is 16.0 Å². The Morgan fingerprint density at radius 3 is 2.35 bits per heavy atom. The molecule has 0 heterocycles. The molecule has 2 N–H and O–H groups in total. The highest BCUT2D eigenvalue weighted by Crippen LogP contribution is 2.09. The van der Waals surface area contributed by atoms with Gasteiger partial charge >= 0.3 is 0 Å². The molecule has 0 radical (unpaired) electrons. The molecule has 0 aromatic heterocycles. The third-order valence-electron chi connectivity index (χ3n) is 2.33. The number of amides is 2. The number of benzene rings is 1. The van der Waals surface area contributed by atoms with E-state index in [1.54, 1.807) is 0 Å². The first-order valence-corrected chi connectivity index (χ1v) is 5.75. The minimum atomic E-state index is -0.0760. The highest BCUT2D eigenvalue weighted by Gasteiger charge is 1.98. The summed E-state index contributed by atoms with van der Waals surface area (Å²) in [6.45, 7) is 3.96. The summed E-state index contributed by atoms with van der Waals surface area (Å²) in [6.07, 6.45) is 1.31. The van der Waals surface area contributed by atoms with Crippen LogP contribution in [-0.4, -0.2) is 18.4 Å². The molecule has 0 aliphatic carbocycles. The van der Waals surface area contributed by atoms with Crippen LogP contribution >= 0.6 is 0 Å². The minimum Gasteiger partial charge on any atom is -0.356 e. The molecule has 92 valence electrons. The molecular formula is C13H18N2O2. The zero-order chi connectivity index (χ0) is 12.7. The van der Waals surface area contributed by atoms with Crippen molar-refractivity contribution in [3.63, 3.8) is 0 Å². The topological polar surface area (TPSA) is 58.2 Å². The van der Waals surface area contributed by atoms with Crippen LogP contribution in [0.2, 0.25) is 0 Å². The molecule has 0 saturated heterocycles. The van der Waals surface area contributed by atoms with Crippen molar-refractivity contribution in [1.29, 1.82) is 0 Å². The van der Waals surface area contributed by atoms with Crippen molar-refractivity contribution in [3.8, 4) is 0 Å². The van der Waals surface area contributed by atoms with E-state index in [0.717, 1.165) is 17.7 Å². The normalized spacial score (nSPS) is 9.76. The Kier molecular flexibility index (Phi) is 5.20. The van der Waals surface area contributed by atoms with Gasteiger partial charge in [0.25, 0.3) is 0 Å². The van der Waals surface area contributed by atoms with Crippen LogP contribution in [0.25, 0.3) is 0 Å². The first-order chi connectivity index (χ1) is 8.11. The molecule has 1 aromatic rings. The second-order valence-electron chi connectivity index (χ2n) is 3.83. The average molecular weight is 234 g/mol. The summed E-state index contributed by atoms with van der Waals surface area (Å²) >= 11 is 0. The van der Waals surface area contributed by atoms with Gasteiger partial charge < -0.3 is 10.6 Å². The predicted molar refractivity (Wildman–Crippen MR) is 67.8 cm³/mol. The number of hydrogen-bond donors (Lipinski definition) is 2. The molecule has 0 atom stereocenters. The fraction of sp³-hybridized carbons (Fsp3) is 0.385. The van der Waals surface area contributed by atoms with Crippen LogP contribution in [0.1, 0.15) is 25.8 Å². The van der Waals surface area contributed by atoms with Crippen LogP contribution in [0.5, 0.6) is 0 Å². The van der Waals surface area contributed by atoms with Gasteiger partial charge in [-0.15, -0.1) is 0 Å². The standard InChI is InChI=1S/C13H18N2O2/c1-3-13(17)14-9-8-11-4-6-12(7-5-11)15-10(2)16/h4-7H,3,8-9H2,1-2H3,(H,14,17)(H,15,16). The lowest BCUT2D eigenvalue weighted by Gasteiger charge is -2.05. The van der Waals surface area contributed by atoms with Gasteiger partial charge in [-0.2, -0.15) is 0 Å². The fourth-order valence-electron chi connectivity index (χ4n) is 1.43. The van der Waals surface area contributed by atoms with Gasteiger partial charge in [0, 0.05) is 25.6 Å². The quantitative estimate of drug-likeness (QED) is 0.815. The van der Waals surface area contributed by atoms with Crippen molar-refractivity contribution in [2.75, 3.05) is 11.9 Å². The molecule has 4 heteroatoms. The Balaban J connectivity index is 2.40. The van der Waals surface area contributed by atoms with Crippen LogP contribution in [0, 0.1) is 0 Å². The van der Waals surface area contributed by atoms with Gasteiger partial charge in [0.05, 0.1) is 0 Å². The lowest BCUT2D eigenvalue weighted by molar-refractivity contribution is -0.120. The summed E-state index contributed by atoms with van der Waals surface area (Å²) in [5, 5.41) is 5.53. The van der Waals surface area contributed by atoms with E-state index in [-0.39, 0.29) is 11.8 Å². The van der Waals surface area contributed by atoms with Crippen molar-refractivity contribution < 1.29 is 9.59 Å². The largest absolute Gasteiger partial charge is 0.356 e. The highest BCUT2D eigenvalue weighted by molar-refractivity contribution is 5.88. The number of hydrogen-bond acceptors (Lipinski definition) is 2. The Labute approximate surface area is 101 Å². The van der Waals surface area contributed by atoms with E-state index in [4.69, 9.17) is 0 Å². The maximum Gasteiger partial charge on any atom is 0.221 e. The van der Waals surface area contributed by atoms with Crippen molar-refractivity contribution >= 4 is 17.5 Å². The molecule has 17 heavy (non-hydrogen) atoms. The SMILES string of the molecule is CCC(=O)NCCc1ccc(NC(C)=O)cc1. The zero-order valence-corrected chi connectivity index (χ0v) is 10.2. The second kappa shape index (κ2) is 6.68. The highest BCUT2D eigenvalue weighted by atomic mass is 16.2. The molecule has 0 aliphatic rings. The number of nitrogens with one attached hydrogen (secondary N) is 2. The van der Waals surface area contributed by atoms with E-state index >= 15 is 0 Å². The van der Waals surface area contributed by atoms with Gasteiger partial charge in [-0.1, -0.05) is 19.1 Å². The molecular weight excluding hydrogens is 216 g/mol. The average Bonchev–Trinajstić information content (AvgIpc) is 2.30. The van der Waals surface area contributed by atoms with Gasteiger partial charge in [-0.25, -0.2) is 0 Å². The maximum atomic E-state index is 11.0. The fourth-order valence-corrected chi connectivity index (χ4v) is 1.43. The lowest BCUT2D eigenvalue weighted by Crippen LogP contribution is -2.24. The van der Waals surface area contributed by atoms with Gasteiger partial charge in [-0.05, 0) is 24.1 Å². The molecule has 1 rings (SSSR count). The molecule has 0 unspecified atom stereocenters. The molecule has 4 nitrogen and oxygen atoms in total. The van der Waals surface area contributed by atoms with Crippen molar-refractivity contribution in [2.24, 2.45) is 0 Å². The smallest absolute Gasteiger partial charge is 0.221 e. The van der Waals surface area contributed by atoms with Crippen LogP contribution in [0.15, 0.2) is 24.3 Å². The summed E-state index contributed by atoms with van der Waals surface area (Å²) in [6, 6.07) is 7.61. The molecule has 0 fully saturated rings. The monoisotopic (exact) mass is 234 g/mol. The van der Waals surface area contributed by atoms with Crippen LogP contribution in [0.4, 0.5) is 5.69 Å². The molecule has 0 bridgehead atoms. The maximum absolute atomic E-state index is 11.0. The first kappa shape index (κ1) is 13.2. The van der Waals surface area contributed by atoms with Crippen molar-refractivity contribution in [3.05, 3.63) is 29.8 Å². The van der Waals surface area contributed by atoms with Crippen LogP contribution < -0.4 is 10.6 Å². The van der Waals surface area contributed by atoms with Crippen LogP contribution in [0.3, 0.4) is 0 Å².